The minimum absolute atomic E-state index is 0.0683. The van der Waals surface area contributed by atoms with Gasteiger partial charge in [-0.05, 0) is 31.9 Å². The van der Waals surface area contributed by atoms with E-state index in [1.807, 2.05) is 31.2 Å². The van der Waals surface area contributed by atoms with Gasteiger partial charge in [-0.3, -0.25) is 4.79 Å². The number of carbonyl (C=O) groups excluding carboxylic acids is 1. The van der Waals surface area contributed by atoms with E-state index in [9.17, 15) is 4.79 Å². The summed E-state index contributed by atoms with van der Waals surface area (Å²) in [5.41, 5.74) is -0.000977. The molecule has 0 saturated heterocycles. The van der Waals surface area contributed by atoms with Crippen molar-refractivity contribution in [1.29, 1.82) is 0 Å². The number of benzene rings is 1. The van der Waals surface area contributed by atoms with E-state index in [1.165, 1.54) is 6.42 Å². The fourth-order valence-corrected chi connectivity index (χ4v) is 2.83. The third-order valence-corrected chi connectivity index (χ3v) is 3.90. The average molecular weight is 262 g/mol. The standard InChI is InChI=1S/C16H22O3/c1-3-19-14-10-6-5-9-13(14)15(17)16(18-2)11-7-4-8-12-16/h5-6,9-10H,3-4,7-8,11-12H2,1-2H3. The van der Waals surface area contributed by atoms with E-state index in [-0.39, 0.29) is 5.78 Å². The second-order valence-electron chi connectivity index (χ2n) is 5.02. The van der Waals surface area contributed by atoms with E-state index in [0.29, 0.717) is 17.9 Å². The molecule has 0 aromatic heterocycles. The van der Waals surface area contributed by atoms with Crippen molar-refractivity contribution >= 4 is 5.78 Å². The monoisotopic (exact) mass is 262 g/mol. The van der Waals surface area contributed by atoms with Crippen molar-refractivity contribution in [2.24, 2.45) is 0 Å². The Morgan fingerprint density at radius 2 is 1.89 bits per heavy atom. The SMILES string of the molecule is CCOc1ccccc1C(=O)C1(OC)CCCCC1. The molecule has 1 saturated carbocycles. The Balaban J connectivity index is 2.31. The maximum atomic E-state index is 12.8. The fourth-order valence-electron chi connectivity index (χ4n) is 2.83. The van der Waals surface area contributed by atoms with Gasteiger partial charge >= 0.3 is 0 Å². The van der Waals surface area contributed by atoms with Crippen LogP contribution < -0.4 is 4.74 Å². The highest BCUT2D eigenvalue weighted by atomic mass is 16.5. The molecule has 0 unspecified atom stereocenters. The molecular formula is C16H22O3. The number of hydrogen-bond acceptors (Lipinski definition) is 3. The van der Waals surface area contributed by atoms with Crippen LogP contribution >= 0.6 is 0 Å². The zero-order valence-electron chi connectivity index (χ0n) is 11.8. The normalized spacial score (nSPS) is 18.0. The first-order chi connectivity index (χ1) is 9.23. The first kappa shape index (κ1) is 14.1. The maximum absolute atomic E-state index is 12.8. The minimum Gasteiger partial charge on any atom is -0.493 e. The summed E-state index contributed by atoms with van der Waals surface area (Å²) in [6, 6.07) is 7.45. The largest absolute Gasteiger partial charge is 0.493 e. The molecule has 0 radical (unpaired) electrons. The van der Waals surface area contributed by atoms with Gasteiger partial charge in [0, 0.05) is 7.11 Å². The van der Waals surface area contributed by atoms with Gasteiger partial charge < -0.3 is 9.47 Å². The smallest absolute Gasteiger partial charge is 0.198 e. The van der Waals surface area contributed by atoms with Gasteiger partial charge in [0.2, 0.25) is 0 Å². The molecule has 3 nitrogen and oxygen atoms in total. The molecule has 1 aromatic rings. The molecule has 1 aliphatic carbocycles. The highest BCUT2D eigenvalue weighted by Crippen LogP contribution is 2.36. The Kier molecular flexibility index (Phi) is 4.59. The molecule has 0 atom stereocenters. The molecule has 1 aromatic carbocycles. The highest BCUT2D eigenvalue weighted by molar-refractivity contribution is 6.04. The average Bonchev–Trinajstić information content (AvgIpc) is 2.48. The third-order valence-electron chi connectivity index (χ3n) is 3.90. The molecule has 1 fully saturated rings. The predicted molar refractivity (Wildman–Crippen MR) is 74.8 cm³/mol. The lowest BCUT2D eigenvalue weighted by Gasteiger charge is -2.34. The van der Waals surface area contributed by atoms with E-state index in [4.69, 9.17) is 9.47 Å². The summed E-state index contributed by atoms with van der Waals surface area (Å²) >= 11 is 0. The van der Waals surface area contributed by atoms with Crippen LogP contribution in [0, 0.1) is 0 Å². The lowest BCUT2D eigenvalue weighted by atomic mass is 9.79. The summed E-state index contributed by atoms with van der Waals surface area (Å²) in [7, 11) is 1.65. The number of methoxy groups -OCH3 is 1. The molecule has 19 heavy (non-hydrogen) atoms. The van der Waals surface area contributed by atoms with Crippen molar-refractivity contribution in [1.82, 2.24) is 0 Å². The van der Waals surface area contributed by atoms with E-state index < -0.39 is 5.60 Å². The molecule has 0 amide bonds. The van der Waals surface area contributed by atoms with E-state index in [2.05, 4.69) is 0 Å². The summed E-state index contributed by atoms with van der Waals surface area (Å²) in [5.74, 6) is 0.732. The zero-order valence-corrected chi connectivity index (χ0v) is 11.8. The number of carbonyl (C=O) groups is 1. The van der Waals surface area contributed by atoms with Crippen molar-refractivity contribution in [2.75, 3.05) is 13.7 Å². The Hall–Kier alpha value is -1.35. The van der Waals surface area contributed by atoms with Gasteiger partial charge in [-0.25, -0.2) is 0 Å². The first-order valence-electron chi connectivity index (χ1n) is 7.05. The molecule has 3 heteroatoms. The van der Waals surface area contributed by atoms with Crippen molar-refractivity contribution in [3.63, 3.8) is 0 Å². The van der Waals surface area contributed by atoms with Crippen LogP contribution in [0.25, 0.3) is 0 Å². The quantitative estimate of drug-likeness (QED) is 0.760. The molecule has 0 aliphatic heterocycles. The number of para-hydroxylation sites is 1. The molecule has 1 aliphatic rings. The number of Topliss-reactive ketones (excluding diaryl/α,β-unsaturated/α-hetero) is 1. The Labute approximate surface area is 114 Å². The van der Waals surface area contributed by atoms with Crippen LogP contribution in [0.2, 0.25) is 0 Å². The molecule has 0 spiro atoms. The van der Waals surface area contributed by atoms with Gasteiger partial charge in [0.25, 0.3) is 0 Å². The van der Waals surface area contributed by atoms with Gasteiger partial charge in [-0.15, -0.1) is 0 Å². The van der Waals surface area contributed by atoms with Crippen LogP contribution in [0.5, 0.6) is 5.75 Å². The number of rotatable bonds is 5. The van der Waals surface area contributed by atoms with Gasteiger partial charge in [0.1, 0.15) is 11.4 Å². The minimum atomic E-state index is -0.647. The van der Waals surface area contributed by atoms with E-state index in [0.717, 1.165) is 25.7 Å². The summed E-state index contributed by atoms with van der Waals surface area (Å²) in [4.78, 5) is 12.8. The Bertz CT molecular complexity index is 433. The van der Waals surface area contributed by atoms with Crippen molar-refractivity contribution in [3.05, 3.63) is 29.8 Å². The fraction of sp³-hybridized carbons (Fsp3) is 0.562. The van der Waals surface area contributed by atoms with Gasteiger partial charge in [0.05, 0.1) is 12.2 Å². The highest BCUT2D eigenvalue weighted by Gasteiger charge is 2.40. The van der Waals surface area contributed by atoms with Crippen LogP contribution in [-0.2, 0) is 4.74 Å². The number of hydrogen-bond donors (Lipinski definition) is 0. The molecular weight excluding hydrogens is 240 g/mol. The molecule has 2 rings (SSSR count). The van der Waals surface area contributed by atoms with E-state index >= 15 is 0 Å². The third kappa shape index (κ3) is 2.81. The van der Waals surface area contributed by atoms with Gasteiger partial charge in [-0.1, -0.05) is 31.4 Å². The molecule has 0 bridgehead atoms. The topological polar surface area (TPSA) is 35.5 Å². The van der Waals surface area contributed by atoms with Crippen molar-refractivity contribution in [3.8, 4) is 5.75 Å². The number of ketones is 1. The first-order valence-corrected chi connectivity index (χ1v) is 7.05. The predicted octanol–water partition coefficient (Wildman–Crippen LogP) is 3.62. The summed E-state index contributed by atoms with van der Waals surface area (Å²) in [6.45, 7) is 2.48. The van der Waals surface area contributed by atoms with Crippen LogP contribution in [0.4, 0.5) is 0 Å². The second-order valence-corrected chi connectivity index (χ2v) is 5.02. The van der Waals surface area contributed by atoms with Crippen LogP contribution in [0.3, 0.4) is 0 Å². The molecule has 0 heterocycles. The lowest BCUT2D eigenvalue weighted by molar-refractivity contribution is -0.0196. The molecule has 104 valence electrons. The summed E-state index contributed by atoms with van der Waals surface area (Å²) in [6.07, 6.45) is 4.91. The second kappa shape index (κ2) is 6.20. The Morgan fingerprint density at radius 3 is 2.53 bits per heavy atom. The number of ether oxygens (including phenoxy) is 2. The van der Waals surface area contributed by atoms with Crippen LogP contribution in [0.15, 0.2) is 24.3 Å². The summed E-state index contributed by atoms with van der Waals surface area (Å²) < 4.78 is 11.2. The van der Waals surface area contributed by atoms with Gasteiger partial charge in [0.15, 0.2) is 5.78 Å². The van der Waals surface area contributed by atoms with E-state index in [1.54, 1.807) is 7.11 Å². The Morgan fingerprint density at radius 1 is 1.21 bits per heavy atom. The summed E-state index contributed by atoms with van der Waals surface area (Å²) in [5, 5.41) is 0. The van der Waals surface area contributed by atoms with Crippen molar-refractivity contribution < 1.29 is 14.3 Å². The van der Waals surface area contributed by atoms with Gasteiger partial charge in [-0.2, -0.15) is 0 Å². The molecule has 0 N–H and O–H groups in total. The van der Waals surface area contributed by atoms with Crippen LogP contribution in [0.1, 0.15) is 49.4 Å². The zero-order chi connectivity index (χ0) is 13.7. The maximum Gasteiger partial charge on any atom is 0.198 e. The lowest BCUT2D eigenvalue weighted by Crippen LogP contribution is -2.42. The van der Waals surface area contributed by atoms with Crippen LogP contribution in [-0.4, -0.2) is 25.1 Å². The van der Waals surface area contributed by atoms with Crippen molar-refractivity contribution in [2.45, 2.75) is 44.6 Å².